The number of rotatable bonds is 6. The number of fused-ring (bicyclic) bond motifs is 1. The zero-order valence-corrected chi connectivity index (χ0v) is 17.1. The van der Waals surface area contributed by atoms with Gasteiger partial charge in [-0.25, -0.2) is 4.98 Å². The third kappa shape index (κ3) is 4.31. The lowest BCUT2D eigenvalue weighted by atomic mass is 10.0. The Labute approximate surface area is 167 Å². The Morgan fingerprint density at radius 3 is 2.57 bits per heavy atom. The monoisotopic (exact) mass is 397 g/mol. The van der Waals surface area contributed by atoms with Crippen molar-refractivity contribution in [2.24, 2.45) is 5.92 Å². The maximum Gasteiger partial charge on any atom is 0.251 e. The molecule has 0 fully saturated rings. The number of para-hydroxylation sites is 1. The number of carbonyl (C=O) groups is 2. The highest BCUT2D eigenvalue weighted by molar-refractivity contribution is 7.22. The van der Waals surface area contributed by atoms with Gasteiger partial charge in [0.05, 0.1) is 11.8 Å². The van der Waals surface area contributed by atoms with Crippen LogP contribution in [0.15, 0.2) is 42.5 Å². The van der Waals surface area contributed by atoms with Crippen molar-refractivity contribution in [1.82, 2.24) is 10.3 Å². The molecule has 3 aromatic rings. The first-order valence-electron chi connectivity index (χ1n) is 9.01. The number of carbonyl (C=O) groups excluding carboxylic acids is 2. The van der Waals surface area contributed by atoms with Crippen LogP contribution < -0.4 is 15.4 Å². The van der Waals surface area contributed by atoms with Crippen LogP contribution >= 0.6 is 11.3 Å². The number of thiazole rings is 1. The molecule has 0 radical (unpaired) electrons. The lowest BCUT2D eigenvalue weighted by molar-refractivity contribution is -0.118. The van der Waals surface area contributed by atoms with Gasteiger partial charge in [0, 0.05) is 5.56 Å². The van der Waals surface area contributed by atoms with E-state index in [1.165, 1.54) is 11.3 Å². The van der Waals surface area contributed by atoms with Gasteiger partial charge in [-0.2, -0.15) is 0 Å². The minimum atomic E-state index is -0.679. The van der Waals surface area contributed by atoms with Crippen LogP contribution in [0.2, 0.25) is 0 Å². The average Bonchev–Trinajstić information content (AvgIpc) is 3.07. The Balaban J connectivity index is 1.77. The highest BCUT2D eigenvalue weighted by Crippen LogP contribution is 2.32. The Bertz CT molecular complexity index is 1010. The molecule has 2 N–H and O–H groups in total. The molecule has 0 spiro atoms. The molecule has 0 aliphatic rings. The Hall–Kier alpha value is -2.93. The molecule has 3 rings (SSSR count). The molecule has 7 heteroatoms. The first kappa shape index (κ1) is 19.8. The molecule has 6 nitrogen and oxygen atoms in total. The number of aryl methyl sites for hydroxylation is 1. The van der Waals surface area contributed by atoms with Gasteiger partial charge in [0.1, 0.15) is 17.3 Å². The number of hydrogen-bond donors (Lipinski definition) is 2. The summed E-state index contributed by atoms with van der Waals surface area (Å²) < 4.78 is 6.23. The van der Waals surface area contributed by atoms with E-state index in [0.29, 0.717) is 22.0 Å². The van der Waals surface area contributed by atoms with Crippen LogP contribution in [0.5, 0.6) is 5.75 Å². The third-order valence-corrected chi connectivity index (χ3v) is 5.28. The van der Waals surface area contributed by atoms with Crippen LogP contribution in [0.25, 0.3) is 10.2 Å². The van der Waals surface area contributed by atoms with Crippen molar-refractivity contribution in [3.05, 3.63) is 53.6 Å². The van der Waals surface area contributed by atoms with Crippen LogP contribution in [0.3, 0.4) is 0 Å². The molecule has 2 aromatic carbocycles. The third-order valence-electron chi connectivity index (χ3n) is 4.35. The van der Waals surface area contributed by atoms with Crippen molar-refractivity contribution in [2.75, 3.05) is 12.4 Å². The second-order valence-electron chi connectivity index (χ2n) is 6.88. The maximum atomic E-state index is 12.8. The quantitative estimate of drug-likeness (QED) is 0.659. The van der Waals surface area contributed by atoms with Gasteiger partial charge < -0.3 is 15.4 Å². The number of ether oxygens (including phenoxy) is 1. The molecule has 2 amide bonds. The number of nitrogens with one attached hydrogen (secondary N) is 2. The fourth-order valence-electron chi connectivity index (χ4n) is 2.87. The van der Waals surface area contributed by atoms with Crippen molar-refractivity contribution in [2.45, 2.75) is 26.8 Å². The molecule has 0 bridgehead atoms. The largest absolute Gasteiger partial charge is 0.494 e. The van der Waals surface area contributed by atoms with E-state index in [1.54, 1.807) is 19.2 Å². The number of aromatic nitrogens is 1. The highest BCUT2D eigenvalue weighted by atomic mass is 32.1. The van der Waals surface area contributed by atoms with Gasteiger partial charge in [-0.05, 0) is 37.1 Å². The number of benzene rings is 2. The van der Waals surface area contributed by atoms with Crippen LogP contribution in [0, 0.1) is 12.8 Å². The minimum absolute atomic E-state index is 0.0855. The van der Waals surface area contributed by atoms with Gasteiger partial charge in [0.2, 0.25) is 5.91 Å². The van der Waals surface area contributed by atoms with Gasteiger partial charge in [-0.1, -0.05) is 48.9 Å². The lowest BCUT2D eigenvalue weighted by Crippen LogP contribution is -2.47. The van der Waals surface area contributed by atoms with Crippen LogP contribution in [0.4, 0.5) is 5.13 Å². The summed E-state index contributed by atoms with van der Waals surface area (Å²) in [4.78, 5) is 29.9. The van der Waals surface area contributed by atoms with E-state index in [-0.39, 0.29) is 17.7 Å². The molecule has 0 saturated carbocycles. The summed E-state index contributed by atoms with van der Waals surface area (Å²) in [7, 11) is 1.59. The summed E-state index contributed by atoms with van der Waals surface area (Å²) in [6, 6.07) is 12.2. The molecule has 1 unspecified atom stereocenters. The van der Waals surface area contributed by atoms with E-state index in [4.69, 9.17) is 4.74 Å². The lowest BCUT2D eigenvalue weighted by Gasteiger charge is -2.21. The molecule has 0 aliphatic heterocycles. The fourth-order valence-corrected chi connectivity index (χ4v) is 3.76. The van der Waals surface area contributed by atoms with Crippen molar-refractivity contribution in [1.29, 1.82) is 0 Å². The van der Waals surface area contributed by atoms with Crippen LogP contribution in [0.1, 0.15) is 29.8 Å². The minimum Gasteiger partial charge on any atom is -0.494 e. The number of amides is 2. The highest BCUT2D eigenvalue weighted by Gasteiger charge is 2.26. The average molecular weight is 398 g/mol. The fraction of sp³-hybridized carbons (Fsp3) is 0.286. The molecule has 1 aromatic heterocycles. The maximum absolute atomic E-state index is 12.8. The van der Waals surface area contributed by atoms with Crippen LogP contribution in [-0.4, -0.2) is 29.9 Å². The molecule has 1 heterocycles. The van der Waals surface area contributed by atoms with E-state index < -0.39 is 6.04 Å². The molecular weight excluding hydrogens is 374 g/mol. The number of hydrogen-bond acceptors (Lipinski definition) is 5. The molecular formula is C21H23N3O3S. The molecule has 0 aliphatic carbocycles. The summed E-state index contributed by atoms with van der Waals surface area (Å²) in [6.45, 7) is 5.70. The van der Waals surface area contributed by atoms with E-state index in [1.807, 2.05) is 51.1 Å². The zero-order chi connectivity index (χ0) is 20.3. The van der Waals surface area contributed by atoms with E-state index in [0.717, 1.165) is 10.3 Å². The SMILES string of the molecule is COc1cccc2sc(NC(=O)C(NC(=O)c3cccc(C)c3)C(C)C)nc12. The standard InChI is InChI=1S/C21H23N3O3S/c1-12(2)17(22-19(25)14-8-5-7-13(3)11-14)20(26)24-21-23-18-15(27-4)9-6-10-16(18)28-21/h5-12,17H,1-4H3,(H,22,25)(H,23,24,26). The molecule has 0 saturated heterocycles. The smallest absolute Gasteiger partial charge is 0.251 e. The first-order valence-corrected chi connectivity index (χ1v) is 9.82. The number of methoxy groups -OCH3 is 1. The van der Waals surface area contributed by atoms with E-state index in [9.17, 15) is 9.59 Å². The normalized spacial score (nSPS) is 12.0. The van der Waals surface area contributed by atoms with E-state index in [2.05, 4.69) is 15.6 Å². The Morgan fingerprint density at radius 2 is 1.89 bits per heavy atom. The summed E-state index contributed by atoms with van der Waals surface area (Å²) in [5.41, 5.74) is 2.22. The van der Waals surface area contributed by atoms with Gasteiger partial charge in [0.15, 0.2) is 5.13 Å². The van der Waals surface area contributed by atoms with Crippen molar-refractivity contribution in [3.63, 3.8) is 0 Å². The summed E-state index contributed by atoms with van der Waals surface area (Å²) in [5, 5.41) is 6.14. The number of anilines is 1. The summed E-state index contributed by atoms with van der Waals surface area (Å²) in [5.74, 6) is -0.00220. The topological polar surface area (TPSA) is 80.3 Å². The van der Waals surface area contributed by atoms with Crippen molar-refractivity contribution >= 4 is 38.5 Å². The summed E-state index contributed by atoms with van der Waals surface area (Å²) in [6.07, 6.45) is 0. The Kier molecular flexibility index (Phi) is 5.94. The number of nitrogens with zero attached hydrogens (tertiary/aromatic N) is 1. The van der Waals surface area contributed by atoms with Gasteiger partial charge >= 0.3 is 0 Å². The van der Waals surface area contributed by atoms with Crippen molar-refractivity contribution < 1.29 is 14.3 Å². The molecule has 28 heavy (non-hydrogen) atoms. The van der Waals surface area contributed by atoms with Gasteiger partial charge in [-0.15, -0.1) is 0 Å². The second kappa shape index (κ2) is 8.39. The van der Waals surface area contributed by atoms with Crippen molar-refractivity contribution in [3.8, 4) is 5.75 Å². The first-order chi connectivity index (χ1) is 13.4. The van der Waals surface area contributed by atoms with Gasteiger partial charge in [-0.3, -0.25) is 9.59 Å². The molecule has 146 valence electrons. The second-order valence-corrected chi connectivity index (χ2v) is 7.91. The van der Waals surface area contributed by atoms with Gasteiger partial charge in [0.25, 0.3) is 5.91 Å². The Morgan fingerprint density at radius 1 is 1.14 bits per heavy atom. The summed E-state index contributed by atoms with van der Waals surface area (Å²) >= 11 is 1.37. The van der Waals surface area contributed by atoms with E-state index >= 15 is 0 Å². The zero-order valence-electron chi connectivity index (χ0n) is 16.3. The van der Waals surface area contributed by atoms with Crippen LogP contribution in [-0.2, 0) is 4.79 Å². The molecule has 1 atom stereocenters. The predicted molar refractivity (Wildman–Crippen MR) is 112 cm³/mol. The predicted octanol–water partition coefficient (Wildman–Crippen LogP) is 4.01.